The Morgan fingerprint density at radius 2 is 1.73 bits per heavy atom. The number of rotatable bonds is 5. The highest BCUT2D eigenvalue weighted by Crippen LogP contribution is 2.38. The summed E-state index contributed by atoms with van der Waals surface area (Å²) >= 11 is 5.68. The molecule has 0 aliphatic carbocycles. The molecule has 10 heteroatoms. The fraction of sp³-hybridized carbons (Fsp3) is 0.174. The molecule has 0 spiro atoms. The highest BCUT2D eigenvalue weighted by Gasteiger charge is 2.48. The molecule has 1 aliphatic rings. The van der Waals surface area contributed by atoms with E-state index in [9.17, 15) is 22.8 Å². The Bertz CT molecular complexity index is 1200. The maximum atomic E-state index is 13.2. The summed E-state index contributed by atoms with van der Waals surface area (Å²) in [5.74, 6) is -0.492. The third kappa shape index (κ3) is 5.15. The maximum absolute atomic E-state index is 13.2. The Balaban J connectivity index is 1.54. The first-order chi connectivity index (χ1) is 15.5. The number of benzene rings is 2. The van der Waals surface area contributed by atoms with Crippen molar-refractivity contribution in [1.29, 1.82) is 0 Å². The summed E-state index contributed by atoms with van der Waals surface area (Å²) < 4.78 is 37.7. The zero-order chi connectivity index (χ0) is 23.8. The predicted molar refractivity (Wildman–Crippen MR) is 121 cm³/mol. The van der Waals surface area contributed by atoms with E-state index in [0.29, 0.717) is 10.7 Å². The molecule has 4 rings (SSSR count). The normalized spacial score (nSPS) is 18.5. The van der Waals surface area contributed by atoms with Gasteiger partial charge in [0, 0.05) is 28.1 Å². The number of urea groups is 1. The molecule has 1 saturated heterocycles. The lowest BCUT2D eigenvalue weighted by atomic mass is 9.92. The second kappa shape index (κ2) is 8.72. The fourth-order valence-corrected chi connectivity index (χ4v) is 4.27. The van der Waals surface area contributed by atoms with Crippen molar-refractivity contribution in [2.45, 2.75) is 29.3 Å². The molecular weight excluding hydrogens is 475 g/mol. The second-order valence-electron chi connectivity index (χ2n) is 7.68. The minimum absolute atomic E-state index is 0.0346. The Hall–Kier alpha value is -3.04. The molecule has 3 amide bonds. The van der Waals surface area contributed by atoms with Crippen LogP contribution in [0.4, 0.5) is 23.7 Å². The molecular formula is C23H17ClF3N3O2S. The Morgan fingerprint density at radius 3 is 2.36 bits per heavy atom. The number of imide groups is 1. The number of halogens is 4. The molecule has 1 unspecified atom stereocenters. The van der Waals surface area contributed by atoms with Crippen molar-refractivity contribution >= 4 is 41.0 Å². The summed E-state index contributed by atoms with van der Waals surface area (Å²) in [6, 6.07) is 15.2. The second-order valence-corrected chi connectivity index (χ2v) is 9.25. The Morgan fingerprint density at radius 1 is 1.06 bits per heavy atom. The molecule has 5 nitrogen and oxygen atoms in total. The number of pyridine rings is 1. The van der Waals surface area contributed by atoms with E-state index in [1.165, 1.54) is 24.3 Å². The minimum Gasteiger partial charge on any atom is -0.323 e. The van der Waals surface area contributed by atoms with E-state index >= 15 is 0 Å². The molecule has 1 aliphatic heterocycles. The van der Waals surface area contributed by atoms with Crippen LogP contribution in [0.2, 0.25) is 5.02 Å². The smallest absolute Gasteiger partial charge is 0.323 e. The van der Waals surface area contributed by atoms with E-state index in [1.54, 1.807) is 31.3 Å². The molecule has 0 saturated carbocycles. The topological polar surface area (TPSA) is 62.3 Å². The van der Waals surface area contributed by atoms with E-state index in [0.717, 1.165) is 16.0 Å². The molecule has 2 heterocycles. The van der Waals surface area contributed by atoms with Gasteiger partial charge < -0.3 is 5.32 Å². The molecule has 3 aromatic rings. The number of thioether (sulfide) groups is 1. The summed E-state index contributed by atoms with van der Waals surface area (Å²) in [5.41, 5.74) is -3.12. The van der Waals surface area contributed by atoms with Crippen LogP contribution >= 0.6 is 23.4 Å². The van der Waals surface area contributed by atoms with Crippen LogP contribution in [-0.2, 0) is 11.2 Å². The summed E-state index contributed by atoms with van der Waals surface area (Å²) in [4.78, 5) is 31.1. The first kappa shape index (κ1) is 23.1. The zero-order valence-electron chi connectivity index (χ0n) is 17.2. The molecule has 2 aromatic carbocycles. The minimum atomic E-state index is -4.42. The van der Waals surface area contributed by atoms with Gasteiger partial charge in [-0.3, -0.25) is 9.78 Å². The van der Waals surface area contributed by atoms with Crippen LogP contribution < -0.4 is 10.2 Å². The van der Waals surface area contributed by atoms with Crippen LogP contribution in [0.3, 0.4) is 0 Å². The molecule has 1 aromatic heterocycles. The average Bonchev–Trinajstić information content (AvgIpc) is 2.96. The first-order valence-electron chi connectivity index (χ1n) is 9.77. The summed E-state index contributed by atoms with van der Waals surface area (Å²) in [6.07, 6.45) is 1.83. The van der Waals surface area contributed by atoms with E-state index in [4.69, 9.17) is 11.6 Å². The molecule has 1 atom stereocenters. The van der Waals surface area contributed by atoms with Gasteiger partial charge in [-0.2, -0.15) is 13.2 Å². The van der Waals surface area contributed by atoms with Gasteiger partial charge in [-0.25, -0.2) is 9.69 Å². The summed E-state index contributed by atoms with van der Waals surface area (Å²) in [5, 5.41) is 3.31. The highest BCUT2D eigenvalue weighted by atomic mass is 35.5. The van der Waals surface area contributed by atoms with E-state index in [1.807, 2.05) is 18.2 Å². The number of nitrogens with zero attached hydrogens (tertiary/aromatic N) is 2. The number of aromatic nitrogens is 1. The van der Waals surface area contributed by atoms with Crippen LogP contribution in [-0.4, -0.2) is 28.0 Å². The van der Waals surface area contributed by atoms with Crippen molar-refractivity contribution in [3.05, 3.63) is 77.4 Å². The number of nitrogens with one attached hydrogen (secondary N) is 1. The number of alkyl halides is 3. The van der Waals surface area contributed by atoms with Gasteiger partial charge in [0.1, 0.15) is 5.54 Å². The molecule has 33 heavy (non-hydrogen) atoms. The lowest BCUT2D eigenvalue weighted by molar-refractivity contribution is -0.121. The van der Waals surface area contributed by atoms with Gasteiger partial charge >= 0.3 is 11.5 Å². The van der Waals surface area contributed by atoms with Crippen LogP contribution in [0.25, 0.3) is 11.3 Å². The fourth-order valence-electron chi connectivity index (χ4n) is 3.61. The van der Waals surface area contributed by atoms with Crippen LogP contribution in [0.5, 0.6) is 0 Å². The number of anilines is 1. The van der Waals surface area contributed by atoms with Gasteiger partial charge in [-0.05, 0) is 72.8 Å². The van der Waals surface area contributed by atoms with Crippen molar-refractivity contribution in [2.75, 3.05) is 4.90 Å². The first-order valence-corrected chi connectivity index (χ1v) is 11.0. The van der Waals surface area contributed by atoms with Crippen LogP contribution in [0.15, 0.2) is 71.8 Å². The van der Waals surface area contributed by atoms with Gasteiger partial charge in [0.15, 0.2) is 0 Å². The number of hydrogen-bond acceptors (Lipinski definition) is 4. The number of amides is 3. The third-order valence-electron chi connectivity index (χ3n) is 5.11. The largest absolute Gasteiger partial charge is 0.446 e. The number of hydrogen-bond donors (Lipinski definition) is 1. The van der Waals surface area contributed by atoms with Crippen molar-refractivity contribution in [3.8, 4) is 11.3 Å². The molecule has 1 fully saturated rings. The lowest BCUT2D eigenvalue weighted by Crippen LogP contribution is -2.46. The van der Waals surface area contributed by atoms with Gasteiger partial charge in [0.05, 0.1) is 11.4 Å². The third-order valence-corrected chi connectivity index (χ3v) is 6.10. The van der Waals surface area contributed by atoms with E-state index in [2.05, 4.69) is 10.3 Å². The van der Waals surface area contributed by atoms with Crippen molar-refractivity contribution < 1.29 is 22.8 Å². The number of carbonyl (C=O) groups is 2. The maximum Gasteiger partial charge on any atom is 0.446 e. The van der Waals surface area contributed by atoms with Crippen LogP contribution in [0, 0.1) is 0 Å². The number of carbonyl (C=O) groups excluding carboxylic acids is 2. The predicted octanol–water partition coefficient (Wildman–Crippen LogP) is 6.07. The average molecular weight is 492 g/mol. The van der Waals surface area contributed by atoms with Crippen molar-refractivity contribution in [3.63, 3.8) is 0 Å². The molecule has 170 valence electrons. The summed E-state index contributed by atoms with van der Waals surface area (Å²) in [6.45, 7) is 1.61. The Kier molecular flexibility index (Phi) is 6.11. The monoisotopic (exact) mass is 491 g/mol. The van der Waals surface area contributed by atoms with E-state index < -0.39 is 23.0 Å². The van der Waals surface area contributed by atoms with Crippen LogP contribution in [0.1, 0.15) is 12.5 Å². The highest BCUT2D eigenvalue weighted by molar-refractivity contribution is 8.00. The van der Waals surface area contributed by atoms with Gasteiger partial charge in [0.25, 0.3) is 5.91 Å². The van der Waals surface area contributed by atoms with Gasteiger partial charge in [0.2, 0.25) is 0 Å². The van der Waals surface area contributed by atoms with Crippen molar-refractivity contribution in [2.24, 2.45) is 0 Å². The Labute approximate surface area is 197 Å². The zero-order valence-corrected chi connectivity index (χ0v) is 18.8. The standard InChI is InChI=1S/C23H17ClF3N3O2S/c1-22(13-14-10-11-28-19(12-14)15-2-4-16(24)5-3-15)20(31)30(21(32)29-22)17-6-8-18(9-7-17)33-23(25,26)27/h2-12H,13H2,1H3,(H,29,32). The van der Waals surface area contributed by atoms with Gasteiger partial charge in [-0.1, -0.05) is 23.7 Å². The van der Waals surface area contributed by atoms with Gasteiger partial charge in [-0.15, -0.1) is 0 Å². The summed E-state index contributed by atoms with van der Waals surface area (Å²) in [7, 11) is 0. The quantitative estimate of drug-likeness (QED) is 0.347. The lowest BCUT2D eigenvalue weighted by Gasteiger charge is -2.22. The van der Waals surface area contributed by atoms with Crippen molar-refractivity contribution in [1.82, 2.24) is 10.3 Å². The molecule has 0 bridgehead atoms. The SMILES string of the molecule is CC1(Cc2ccnc(-c3ccc(Cl)cc3)c2)NC(=O)N(c2ccc(SC(F)(F)F)cc2)C1=O. The van der Waals surface area contributed by atoms with E-state index in [-0.39, 0.29) is 28.8 Å². The molecule has 1 N–H and O–H groups in total. The molecule has 0 radical (unpaired) electrons.